The maximum Gasteiger partial charge on any atom is 0.303 e. The number of rotatable bonds is 15. The van der Waals surface area contributed by atoms with E-state index in [1.807, 2.05) is 50.3 Å². The predicted octanol–water partition coefficient (Wildman–Crippen LogP) is 7.00. The van der Waals surface area contributed by atoms with E-state index in [1.165, 1.54) is 6.92 Å². The molecule has 1 fully saturated rings. The Balaban J connectivity index is 0.000000908. The summed E-state index contributed by atoms with van der Waals surface area (Å²) in [4.78, 5) is 57.7. The van der Waals surface area contributed by atoms with Gasteiger partial charge in [-0.15, -0.1) is 11.6 Å². The third-order valence-corrected chi connectivity index (χ3v) is 9.18. The second kappa shape index (κ2) is 21.2. The lowest BCUT2D eigenvalue weighted by Gasteiger charge is -2.38. The number of imidazole rings is 1. The van der Waals surface area contributed by atoms with Gasteiger partial charge in [0.25, 0.3) is 11.8 Å². The van der Waals surface area contributed by atoms with Gasteiger partial charge in [0, 0.05) is 45.4 Å². The maximum atomic E-state index is 13.8. The SMILES string of the molecule is C=C(CCl)CCC.CC/C=C\CC1CCCCN1C(=O)[C@H](OC(C)=O)[C@@H](OC(C)=O)C(=O)NCc1ccc(Cn2c(C)nc3c2C=CCC3)cc1. The van der Waals surface area contributed by atoms with Crippen LogP contribution in [-0.2, 0) is 48.2 Å². The molecule has 10 nitrogen and oxygen atoms in total. The minimum atomic E-state index is -1.62. The highest BCUT2D eigenvalue weighted by molar-refractivity contribution is 6.19. The molecule has 2 heterocycles. The number of carbonyl (C=O) groups is 4. The molecular weight excluding hydrogens is 668 g/mol. The van der Waals surface area contributed by atoms with Crippen LogP contribution in [0.25, 0.3) is 6.08 Å². The Morgan fingerprint density at radius 1 is 1.04 bits per heavy atom. The van der Waals surface area contributed by atoms with Crippen LogP contribution in [-0.4, -0.2) is 68.9 Å². The van der Waals surface area contributed by atoms with Crippen molar-refractivity contribution in [1.82, 2.24) is 19.8 Å². The molecule has 51 heavy (non-hydrogen) atoms. The summed E-state index contributed by atoms with van der Waals surface area (Å²) in [5, 5.41) is 2.77. The lowest BCUT2D eigenvalue weighted by molar-refractivity contribution is -0.179. The maximum absolute atomic E-state index is 13.8. The molecule has 2 amide bonds. The Bertz CT molecular complexity index is 1550. The first-order chi connectivity index (χ1) is 24.5. The van der Waals surface area contributed by atoms with Gasteiger partial charge in [-0.25, -0.2) is 4.98 Å². The first-order valence-electron chi connectivity index (χ1n) is 18.1. The zero-order valence-electron chi connectivity index (χ0n) is 30.9. The first kappa shape index (κ1) is 41.2. The van der Waals surface area contributed by atoms with Gasteiger partial charge in [-0.1, -0.05) is 74.9 Å². The third-order valence-electron chi connectivity index (χ3n) is 8.80. The van der Waals surface area contributed by atoms with E-state index in [9.17, 15) is 19.2 Å². The number of aryl methyl sites for hydroxylation is 2. The largest absolute Gasteiger partial charge is 0.448 e. The number of amides is 2. The number of allylic oxidation sites excluding steroid dienone is 3. The van der Waals surface area contributed by atoms with E-state index in [4.69, 9.17) is 26.1 Å². The van der Waals surface area contributed by atoms with Gasteiger partial charge in [0.2, 0.25) is 12.2 Å². The van der Waals surface area contributed by atoms with Crippen LogP contribution in [0.4, 0.5) is 0 Å². The van der Waals surface area contributed by atoms with Crippen LogP contribution < -0.4 is 5.32 Å². The zero-order chi connectivity index (χ0) is 37.3. The van der Waals surface area contributed by atoms with E-state index >= 15 is 0 Å². The molecule has 2 aromatic rings. The van der Waals surface area contributed by atoms with Gasteiger partial charge in [-0.05, 0) is 75.5 Å². The van der Waals surface area contributed by atoms with Crippen LogP contribution in [0.2, 0.25) is 0 Å². The quantitative estimate of drug-likeness (QED) is 0.120. The minimum Gasteiger partial charge on any atom is -0.448 e. The molecule has 11 heteroatoms. The fourth-order valence-electron chi connectivity index (χ4n) is 6.25. The molecule has 0 saturated carbocycles. The van der Waals surface area contributed by atoms with Gasteiger partial charge in [0.15, 0.2) is 0 Å². The van der Waals surface area contributed by atoms with Crippen LogP contribution in [0.15, 0.2) is 54.6 Å². The highest BCUT2D eigenvalue weighted by Gasteiger charge is 2.43. The number of hydrogen-bond donors (Lipinski definition) is 1. The number of aromatic nitrogens is 2. The smallest absolute Gasteiger partial charge is 0.303 e. The van der Waals surface area contributed by atoms with Crippen molar-refractivity contribution in [2.75, 3.05) is 12.4 Å². The van der Waals surface area contributed by atoms with Gasteiger partial charge in [-0.2, -0.15) is 0 Å². The molecule has 1 aromatic heterocycles. The number of likely N-dealkylation sites (tertiary alicyclic amines) is 1. The second-order valence-electron chi connectivity index (χ2n) is 13.0. The summed E-state index contributed by atoms with van der Waals surface area (Å²) in [6.07, 6.45) is 13.5. The summed E-state index contributed by atoms with van der Waals surface area (Å²) < 4.78 is 12.9. The van der Waals surface area contributed by atoms with Crippen molar-refractivity contribution in [2.45, 2.75) is 124 Å². The lowest BCUT2D eigenvalue weighted by Crippen LogP contribution is -2.56. The van der Waals surface area contributed by atoms with Gasteiger partial charge >= 0.3 is 11.9 Å². The molecule has 1 N–H and O–H groups in total. The summed E-state index contributed by atoms with van der Waals surface area (Å²) in [6.45, 7) is 13.5. The number of nitrogens with zero attached hydrogens (tertiary/aromatic N) is 3. The molecule has 0 bridgehead atoms. The van der Waals surface area contributed by atoms with Crippen molar-refractivity contribution in [3.8, 4) is 0 Å². The van der Waals surface area contributed by atoms with E-state index in [2.05, 4.69) is 35.5 Å². The Kier molecular flexibility index (Phi) is 17.2. The Morgan fingerprint density at radius 3 is 2.35 bits per heavy atom. The van der Waals surface area contributed by atoms with Crippen molar-refractivity contribution < 1.29 is 28.7 Å². The predicted molar refractivity (Wildman–Crippen MR) is 201 cm³/mol. The molecule has 3 atom stereocenters. The Hall–Kier alpha value is -4.18. The molecular formula is C40H55ClN4O6. The van der Waals surface area contributed by atoms with Crippen molar-refractivity contribution >= 4 is 41.4 Å². The normalized spacial score (nSPS) is 16.4. The number of ether oxygens (including phenoxy) is 2. The summed E-state index contributed by atoms with van der Waals surface area (Å²) in [7, 11) is 0. The molecule has 278 valence electrons. The standard InChI is InChI=1S/C34H44N4O6.C6H11Cl/c1-5-6-7-12-28-13-10-11-20-37(28)34(42)32(44-25(4)40)31(43-24(3)39)33(41)35-21-26-16-18-27(19-17-26)22-38-23(2)36-29-14-8-9-15-30(29)38;1-3-4-6(2)5-7/h6-7,9,15-19,28,31-32H,5,8,10-14,20-22H2,1-4H3,(H,35,41);2-5H2,1H3/b7-6-;/t28?,31-,32-;/m1./s1. The molecule has 1 unspecified atom stereocenters. The fraction of sp³-hybridized carbons (Fsp3) is 0.525. The van der Waals surface area contributed by atoms with Gasteiger partial charge < -0.3 is 24.3 Å². The Labute approximate surface area is 308 Å². The summed E-state index contributed by atoms with van der Waals surface area (Å²) >= 11 is 5.43. The number of hydrogen-bond acceptors (Lipinski definition) is 7. The van der Waals surface area contributed by atoms with E-state index in [-0.39, 0.29) is 12.6 Å². The number of nitrogens with one attached hydrogen (secondary N) is 1. The van der Waals surface area contributed by atoms with Crippen LogP contribution in [0, 0.1) is 6.92 Å². The number of benzene rings is 1. The van der Waals surface area contributed by atoms with Crippen molar-refractivity contribution in [3.63, 3.8) is 0 Å². The second-order valence-corrected chi connectivity index (χ2v) is 13.3. The third kappa shape index (κ3) is 12.8. The highest BCUT2D eigenvalue weighted by atomic mass is 35.5. The first-order valence-corrected chi connectivity index (χ1v) is 18.6. The zero-order valence-corrected chi connectivity index (χ0v) is 31.7. The van der Waals surface area contributed by atoms with E-state index < -0.39 is 36.0 Å². The molecule has 1 aromatic carbocycles. The molecule has 0 radical (unpaired) electrons. The fourth-order valence-corrected chi connectivity index (χ4v) is 6.39. The lowest BCUT2D eigenvalue weighted by atomic mass is 9.97. The number of alkyl halides is 1. The van der Waals surface area contributed by atoms with Crippen LogP contribution in [0.3, 0.4) is 0 Å². The molecule has 1 aliphatic heterocycles. The number of esters is 2. The molecule has 2 aliphatic rings. The number of fused-ring (bicyclic) bond motifs is 1. The molecule has 1 saturated heterocycles. The molecule has 4 rings (SSSR count). The number of halogens is 1. The van der Waals surface area contributed by atoms with Crippen LogP contribution in [0.5, 0.6) is 0 Å². The summed E-state index contributed by atoms with van der Waals surface area (Å²) in [6, 6.07) is 7.74. The topological polar surface area (TPSA) is 120 Å². The van der Waals surface area contributed by atoms with Gasteiger partial charge in [0.05, 0.1) is 11.4 Å². The average molecular weight is 723 g/mol. The Morgan fingerprint density at radius 2 is 1.73 bits per heavy atom. The van der Waals surface area contributed by atoms with Crippen molar-refractivity contribution in [1.29, 1.82) is 0 Å². The number of carbonyl (C=O) groups excluding carboxylic acids is 4. The van der Waals surface area contributed by atoms with E-state index in [0.29, 0.717) is 25.4 Å². The van der Waals surface area contributed by atoms with Gasteiger partial charge in [0.1, 0.15) is 5.82 Å². The highest BCUT2D eigenvalue weighted by Crippen LogP contribution is 2.24. The molecule has 1 aliphatic carbocycles. The van der Waals surface area contributed by atoms with Crippen LogP contribution in [0.1, 0.15) is 107 Å². The minimum absolute atomic E-state index is 0.0932. The number of piperidine rings is 1. The van der Waals surface area contributed by atoms with Crippen LogP contribution >= 0.6 is 11.6 Å². The average Bonchev–Trinajstić information content (AvgIpc) is 3.43. The monoisotopic (exact) mass is 722 g/mol. The van der Waals surface area contributed by atoms with Gasteiger partial charge in [-0.3, -0.25) is 19.2 Å². The summed E-state index contributed by atoms with van der Waals surface area (Å²) in [5.74, 6) is -1.16. The van der Waals surface area contributed by atoms with E-state index in [1.54, 1.807) is 4.90 Å². The summed E-state index contributed by atoms with van der Waals surface area (Å²) in [5.41, 5.74) is 5.32. The van der Waals surface area contributed by atoms with Crippen molar-refractivity contribution in [2.24, 2.45) is 0 Å². The van der Waals surface area contributed by atoms with Crippen molar-refractivity contribution in [3.05, 3.63) is 83.0 Å². The van der Waals surface area contributed by atoms with E-state index in [0.717, 1.165) is 92.2 Å². The molecule has 0 spiro atoms.